The fraction of sp³-hybridized carbons (Fsp3) is 0.400. The molecule has 0 radical (unpaired) electrons. The Balaban J connectivity index is 1.22. The fourth-order valence-electron chi connectivity index (χ4n) is 5.62. The van der Waals surface area contributed by atoms with Gasteiger partial charge in [0.05, 0.1) is 17.0 Å². The standard InChI is InChI=1S/C30H28F2N4O4/c31-30(32)11-9-29(10-12-30,25(37)17-28(18-33)7-8-28)35-26(38)24-16-21-2-1-20(15-23(21)40-24)19-3-5-22(6-4-19)36-14-13-34-27(36)39/h1-6,15-16H,7-14,17H2,(H,34,39)(H,35,38). The van der Waals surface area contributed by atoms with Crippen molar-refractivity contribution in [1.82, 2.24) is 10.6 Å². The Hall–Kier alpha value is -4.26. The molecule has 8 nitrogen and oxygen atoms in total. The van der Waals surface area contributed by atoms with Crippen molar-refractivity contribution in [3.8, 4) is 17.2 Å². The van der Waals surface area contributed by atoms with Crippen LogP contribution in [0.5, 0.6) is 0 Å². The van der Waals surface area contributed by atoms with Gasteiger partial charge in [-0.2, -0.15) is 5.26 Å². The number of amides is 3. The van der Waals surface area contributed by atoms with Crippen LogP contribution in [0.2, 0.25) is 0 Å². The second-order valence-electron chi connectivity index (χ2n) is 11.2. The number of ketones is 1. The topological polar surface area (TPSA) is 115 Å². The Morgan fingerprint density at radius 2 is 1.70 bits per heavy atom. The molecule has 6 rings (SSSR count). The number of fused-ring (bicyclic) bond motifs is 1. The number of halogens is 2. The van der Waals surface area contributed by atoms with Gasteiger partial charge >= 0.3 is 6.03 Å². The number of carbonyl (C=O) groups excluding carboxylic acids is 3. The zero-order chi connectivity index (χ0) is 28.1. The van der Waals surface area contributed by atoms with Crippen molar-refractivity contribution < 1.29 is 27.6 Å². The minimum atomic E-state index is -2.89. The minimum Gasteiger partial charge on any atom is -0.451 e. The van der Waals surface area contributed by atoms with Crippen LogP contribution in [0.15, 0.2) is 52.9 Å². The lowest BCUT2D eigenvalue weighted by Gasteiger charge is -2.39. The molecule has 10 heteroatoms. The first kappa shape index (κ1) is 26.0. The average molecular weight is 547 g/mol. The predicted molar refractivity (Wildman–Crippen MR) is 143 cm³/mol. The molecular formula is C30H28F2N4O4. The second kappa shape index (κ2) is 9.44. The van der Waals surface area contributed by atoms with Gasteiger partial charge in [-0.25, -0.2) is 13.6 Å². The number of urea groups is 1. The molecule has 2 saturated carbocycles. The second-order valence-corrected chi connectivity index (χ2v) is 11.2. The SMILES string of the molecule is N#CC1(CC(=O)C2(NC(=O)c3cc4ccc(-c5ccc(N6CCNC6=O)cc5)cc4o3)CCC(F)(F)CC2)CC1. The molecule has 3 amide bonds. The molecule has 0 unspecified atom stereocenters. The van der Waals surface area contributed by atoms with Gasteiger partial charge in [-0.1, -0.05) is 24.3 Å². The van der Waals surface area contributed by atoms with Crippen LogP contribution in [0.3, 0.4) is 0 Å². The van der Waals surface area contributed by atoms with E-state index >= 15 is 0 Å². The van der Waals surface area contributed by atoms with Gasteiger partial charge in [0, 0.05) is 43.4 Å². The van der Waals surface area contributed by atoms with Gasteiger partial charge in [-0.15, -0.1) is 0 Å². The zero-order valence-electron chi connectivity index (χ0n) is 21.8. The van der Waals surface area contributed by atoms with Crippen LogP contribution in [-0.2, 0) is 4.79 Å². The summed E-state index contributed by atoms with van der Waals surface area (Å²) < 4.78 is 33.9. The van der Waals surface area contributed by atoms with Crippen LogP contribution in [0, 0.1) is 16.7 Å². The first-order chi connectivity index (χ1) is 19.1. The molecule has 0 atom stereocenters. The van der Waals surface area contributed by atoms with Gasteiger partial charge in [-0.3, -0.25) is 14.5 Å². The highest BCUT2D eigenvalue weighted by atomic mass is 19.3. The molecule has 1 saturated heterocycles. The summed E-state index contributed by atoms with van der Waals surface area (Å²) in [5.74, 6) is -3.93. The molecular weight excluding hydrogens is 518 g/mol. The van der Waals surface area contributed by atoms with E-state index in [4.69, 9.17) is 4.42 Å². The molecule has 3 fully saturated rings. The summed E-state index contributed by atoms with van der Waals surface area (Å²) in [4.78, 5) is 40.2. The number of anilines is 1. The lowest BCUT2D eigenvalue weighted by Crippen LogP contribution is -2.58. The molecule has 2 N–H and O–H groups in total. The van der Waals surface area contributed by atoms with E-state index in [1.165, 1.54) is 0 Å². The first-order valence-corrected chi connectivity index (χ1v) is 13.5. The summed E-state index contributed by atoms with van der Waals surface area (Å²) >= 11 is 0. The highest BCUT2D eigenvalue weighted by molar-refractivity contribution is 6.01. The van der Waals surface area contributed by atoms with Crippen molar-refractivity contribution in [2.45, 2.75) is 56.4 Å². The normalized spacial score (nSPS) is 20.5. The number of rotatable bonds is 7. The van der Waals surface area contributed by atoms with Crippen LogP contribution in [0.4, 0.5) is 19.3 Å². The summed E-state index contributed by atoms with van der Waals surface area (Å²) in [6.07, 6.45) is -0.265. The number of hydrogen-bond acceptors (Lipinski definition) is 5. The van der Waals surface area contributed by atoms with E-state index in [-0.39, 0.29) is 36.8 Å². The number of nitrogens with one attached hydrogen (secondary N) is 2. The van der Waals surface area contributed by atoms with Crippen molar-refractivity contribution in [2.24, 2.45) is 5.41 Å². The van der Waals surface area contributed by atoms with Crippen molar-refractivity contribution in [1.29, 1.82) is 5.26 Å². The fourth-order valence-corrected chi connectivity index (χ4v) is 5.62. The number of furan rings is 1. The maximum Gasteiger partial charge on any atom is 0.321 e. The molecule has 0 bridgehead atoms. The van der Waals surface area contributed by atoms with E-state index in [9.17, 15) is 28.4 Å². The molecule has 2 heterocycles. The largest absolute Gasteiger partial charge is 0.451 e. The van der Waals surface area contributed by atoms with Crippen molar-refractivity contribution in [3.63, 3.8) is 0 Å². The van der Waals surface area contributed by atoms with Gasteiger partial charge < -0.3 is 15.1 Å². The molecule has 3 aromatic rings. The van der Waals surface area contributed by atoms with Gasteiger partial charge in [0.25, 0.3) is 5.91 Å². The van der Waals surface area contributed by atoms with Crippen LogP contribution in [0.25, 0.3) is 22.1 Å². The Labute approximate surface area is 229 Å². The molecule has 2 aliphatic carbocycles. The smallest absolute Gasteiger partial charge is 0.321 e. The number of nitrogens with zero attached hydrogens (tertiary/aromatic N) is 2. The molecule has 40 heavy (non-hydrogen) atoms. The van der Waals surface area contributed by atoms with Gasteiger partial charge in [0.2, 0.25) is 5.92 Å². The predicted octanol–water partition coefficient (Wildman–Crippen LogP) is 5.57. The third-order valence-corrected chi connectivity index (χ3v) is 8.42. The van der Waals surface area contributed by atoms with Crippen LogP contribution >= 0.6 is 0 Å². The number of alkyl halides is 2. The minimum absolute atomic E-state index is 0.0199. The monoisotopic (exact) mass is 546 g/mol. The van der Waals surface area contributed by atoms with Crippen molar-refractivity contribution in [3.05, 3.63) is 54.3 Å². The van der Waals surface area contributed by atoms with Crippen LogP contribution in [-0.4, -0.2) is 42.3 Å². The summed E-state index contributed by atoms with van der Waals surface area (Å²) in [6.45, 7) is 1.21. The molecule has 1 aliphatic heterocycles. The number of nitriles is 1. The van der Waals surface area contributed by atoms with Gasteiger partial charge in [0.1, 0.15) is 5.58 Å². The molecule has 206 valence electrons. The van der Waals surface area contributed by atoms with E-state index in [0.717, 1.165) is 16.8 Å². The van der Waals surface area contributed by atoms with Crippen molar-refractivity contribution in [2.75, 3.05) is 18.0 Å². The lowest BCUT2D eigenvalue weighted by molar-refractivity contribution is -0.131. The summed E-state index contributed by atoms with van der Waals surface area (Å²) in [6, 6.07) is 16.7. The Morgan fingerprint density at radius 3 is 2.33 bits per heavy atom. The van der Waals surface area contributed by atoms with E-state index in [1.54, 1.807) is 17.0 Å². The Morgan fingerprint density at radius 1 is 1.00 bits per heavy atom. The Bertz CT molecular complexity index is 1540. The van der Waals surface area contributed by atoms with Crippen molar-refractivity contribution >= 4 is 34.4 Å². The Kier molecular flexibility index (Phi) is 6.13. The average Bonchev–Trinajstić information content (AvgIpc) is 3.36. The lowest BCUT2D eigenvalue weighted by atomic mass is 9.74. The van der Waals surface area contributed by atoms with Gasteiger partial charge in [-0.05, 0) is 61.1 Å². The third kappa shape index (κ3) is 4.81. The van der Waals surface area contributed by atoms with E-state index in [0.29, 0.717) is 36.9 Å². The van der Waals surface area contributed by atoms with E-state index in [2.05, 4.69) is 16.7 Å². The van der Waals surface area contributed by atoms with E-state index in [1.807, 2.05) is 36.4 Å². The summed E-state index contributed by atoms with van der Waals surface area (Å²) in [7, 11) is 0. The third-order valence-electron chi connectivity index (χ3n) is 8.42. The zero-order valence-corrected chi connectivity index (χ0v) is 21.8. The number of benzene rings is 2. The highest BCUT2D eigenvalue weighted by Gasteiger charge is 2.53. The highest BCUT2D eigenvalue weighted by Crippen LogP contribution is 2.50. The van der Waals surface area contributed by atoms with Crippen LogP contribution < -0.4 is 15.5 Å². The quantitative estimate of drug-likeness (QED) is 0.402. The van der Waals surface area contributed by atoms with Gasteiger partial charge in [0.15, 0.2) is 11.5 Å². The maximum absolute atomic E-state index is 14.0. The number of carbonyl (C=O) groups is 3. The molecule has 3 aliphatic rings. The summed E-state index contributed by atoms with van der Waals surface area (Å²) in [5, 5.41) is 15.6. The molecule has 1 aromatic heterocycles. The number of hydrogen-bond donors (Lipinski definition) is 2. The first-order valence-electron chi connectivity index (χ1n) is 13.5. The summed E-state index contributed by atoms with van der Waals surface area (Å²) in [5.41, 5.74) is 0.795. The number of Topliss-reactive ketones (excluding diaryl/α,β-unsaturated/α-hetero) is 1. The molecule has 0 spiro atoms. The maximum atomic E-state index is 14.0. The van der Waals surface area contributed by atoms with E-state index < -0.39 is 35.6 Å². The molecule has 2 aromatic carbocycles. The van der Waals surface area contributed by atoms with Crippen LogP contribution in [0.1, 0.15) is 55.5 Å².